The first-order chi connectivity index (χ1) is 5.68. The summed E-state index contributed by atoms with van der Waals surface area (Å²) in [5.41, 5.74) is 6.25. The topological polar surface area (TPSA) is 46.2 Å². The number of fused-ring (bicyclic) bond motifs is 1. The van der Waals surface area contributed by atoms with Gasteiger partial charge in [-0.15, -0.1) is 11.3 Å². The lowest BCUT2D eigenvalue weighted by atomic mass is 10.2. The Hall–Kier alpha value is -0.740. The SMILES string of the molecule is Nc1ccc2sc(Br)c(O)c2c1. The highest BCUT2D eigenvalue weighted by molar-refractivity contribution is 9.11. The van der Waals surface area contributed by atoms with E-state index in [-0.39, 0.29) is 5.75 Å². The summed E-state index contributed by atoms with van der Waals surface area (Å²) in [5, 5.41) is 10.3. The number of hydrogen-bond acceptors (Lipinski definition) is 3. The Morgan fingerprint density at radius 2 is 2.17 bits per heavy atom. The highest BCUT2D eigenvalue weighted by atomic mass is 79.9. The van der Waals surface area contributed by atoms with Crippen molar-refractivity contribution in [2.75, 3.05) is 5.73 Å². The molecule has 0 unspecified atom stereocenters. The molecular weight excluding hydrogens is 238 g/mol. The number of nitrogen functional groups attached to an aromatic ring is 1. The second kappa shape index (κ2) is 2.64. The summed E-state index contributed by atoms with van der Waals surface area (Å²) in [6.45, 7) is 0. The molecule has 0 aliphatic carbocycles. The first-order valence-electron chi connectivity index (χ1n) is 3.35. The van der Waals surface area contributed by atoms with Crippen LogP contribution in [0.3, 0.4) is 0 Å². The van der Waals surface area contributed by atoms with Crippen LogP contribution in [0.5, 0.6) is 5.75 Å². The van der Waals surface area contributed by atoms with E-state index < -0.39 is 0 Å². The van der Waals surface area contributed by atoms with E-state index in [0.29, 0.717) is 5.69 Å². The van der Waals surface area contributed by atoms with Gasteiger partial charge in [0.1, 0.15) is 9.54 Å². The fraction of sp³-hybridized carbons (Fsp3) is 0. The van der Waals surface area contributed by atoms with Gasteiger partial charge in [-0.1, -0.05) is 0 Å². The average Bonchev–Trinajstić information content (AvgIpc) is 2.31. The third kappa shape index (κ3) is 1.07. The number of nitrogens with two attached hydrogens (primary N) is 1. The molecule has 4 heteroatoms. The van der Waals surface area contributed by atoms with Crippen LogP contribution < -0.4 is 5.73 Å². The van der Waals surface area contributed by atoms with E-state index in [4.69, 9.17) is 5.73 Å². The zero-order valence-corrected chi connectivity index (χ0v) is 8.45. The predicted molar refractivity (Wildman–Crippen MR) is 55.6 cm³/mol. The summed E-state index contributed by atoms with van der Waals surface area (Å²) in [7, 11) is 0. The number of aromatic hydroxyl groups is 1. The fourth-order valence-electron chi connectivity index (χ4n) is 1.07. The lowest BCUT2D eigenvalue weighted by molar-refractivity contribution is 0.481. The largest absolute Gasteiger partial charge is 0.505 e. The van der Waals surface area contributed by atoms with Crippen LogP contribution in [-0.4, -0.2) is 5.11 Å². The lowest BCUT2D eigenvalue weighted by Crippen LogP contribution is -1.81. The number of benzene rings is 1. The molecule has 3 N–H and O–H groups in total. The van der Waals surface area contributed by atoms with Crippen LogP contribution in [0.25, 0.3) is 10.1 Å². The van der Waals surface area contributed by atoms with Gasteiger partial charge in [-0.2, -0.15) is 0 Å². The summed E-state index contributed by atoms with van der Waals surface area (Å²) >= 11 is 4.76. The van der Waals surface area contributed by atoms with Crippen molar-refractivity contribution in [3.8, 4) is 5.75 Å². The zero-order chi connectivity index (χ0) is 8.72. The maximum atomic E-state index is 9.53. The van der Waals surface area contributed by atoms with Crippen LogP contribution >= 0.6 is 27.3 Å². The van der Waals surface area contributed by atoms with E-state index in [1.807, 2.05) is 12.1 Å². The number of halogens is 1. The summed E-state index contributed by atoms with van der Waals surface area (Å²) in [4.78, 5) is 0. The number of hydrogen-bond donors (Lipinski definition) is 2. The van der Waals surface area contributed by atoms with Crippen LogP contribution in [-0.2, 0) is 0 Å². The Labute approximate surface area is 81.8 Å². The van der Waals surface area contributed by atoms with Gasteiger partial charge >= 0.3 is 0 Å². The third-order valence-corrected chi connectivity index (χ3v) is 3.45. The van der Waals surface area contributed by atoms with Crippen molar-refractivity contribution in [1.82, 2.24) is 0 Å². The van der Waals surface area contributed by atoms with Crippen LogP contribution in [0, 0.1) is 0 Å². The fourth-order valence-corrected chi connectivity index (χ4v) is 2.61. The molecular formula is C8H6BrNOS. The second-order valence-electron chi connectivity index (χ2n) is 2.48. The Kier molecular flexibility index (Phi) is 1.73. The summed E-state index contributed by atoms with van der Waals surface area (Å²) in [6, 6.07) is 5.50. The minimum absolute atomic E-state index is 0.280. The summed E-state index contributed by atoms with van der Waals surface area (Å²) in [6.07, 6.45) is 0. The van der Waals surface area contributed by atoms with Gasteiger partial charge in [0.25, 0.3) is 0 Å². The van der Waals surface area contributed by atoms with E-state index in [2.05, 4.69) is 15.9 Å². The lowest BCUT2D eigenvalue weighted by Gasteiger charge is -1.92. The van der Waals surface area contributed by atoms with Gasteiger partial charge in [-0.05, 0) is 34.1 Å². The van der Waals surface area contributed by atoms with Crippen molar-refractivity contribution in [3.05, 3.63) is 22.0 Å². The highest BCUT2D eigenvalue weighted by Gasteiger charge is 2.07. The molecule has 62 valence electrons. The highest BCUT2D eigenvalue weighted by Crippen LogP contribution is 2.41. The van der Waals surface area contributed by atoms with E-state index in [0.717, 1.165) is 13.9 Å². The maximum Gasteiger partial charge on any atom is 0.148 e. The smallest absolute Gasteiger partial charge is 0.148 e. The third-order valence-electron chi connectivity index (χ3n) is 1.64. The maximum absolute atomic E-state index is 9.53. The second-order valence-corrected chi connectivity index (χ2v) is 4.85. The number of rotatable bonds is 0. The molecule has 0 saturated carbocycles. The van der Waals surface area contributed by atoms with Gasteiger partial charge in [-0.3, -0.25) is 0 Å². The van der Waals surface area contributed by atoms with Crippen molar-refractivity contribution in [3.63, 3.8) is 0 Å². The molecule has 1 heterocycles. The molecule has 2 aromatic rings. The molecule has 2 rings (SSSR count). The van der Waals surface area contributed by atoms with Crippen LogP contribution in [0.15, 0.2) is 22.0 Å². The Morgan fingerprint density at radius 3 is 2.92 bits per heavy atom. The average molecular weight is 244 g/mol. The van der Waals surface area contributed by atoms with Gasteiger partial charge in [0.2, 0.25) is 0 Å². The van der Waals surface area contributed by atoms with Gasteiger partial charge in [0.05, 0.1) is 0 Å². The van der Waals surface area contributed by atoms with Crippen LogP contribution in [0.2, 0.25) is 0 Å². The molecule has 0 aliphatic heterocycles. The van der Waals surface area contributed by atoms with E-state index in [1.54, 1.807) is 6.07 Å². The number of anilines is 1. The van der Waals surface area contributed by atoms with Crippen molar-refractivity contribution >= 4 is 43.0 Å². The molecule has 0 radical (unpaired) electrons. The van der Waals surface area contributed by atoms with Gasteiger partial charge in [0.15, 0.2) is 0 Å². The normalized spacial score (nSPS) is 10.8. The molecule has 0 aliphatic rings. The molecule has 12 heavy (non-hydrogen) atoms. The molecule has 0 bridgehead atoms. The van der Waals surface area contributed by atoms with E-state index in [1.165, 1.54) is 11.3 Å². The molecule has 1 aromatic carbocycles. The standard InChI is InChI=1S/C8H6BrNOS/c9-8-7(11)5-3-4(10)1-2-6(5)12-8/h1-3,11H,10H2. The molecule has 0 amide bonds. The summed E-state index contributed by atoms with van der Waals surface area (Å²) < 4.78 is 1.79. The monoisotopic (exact) mass is 243 g/mol. The minimum atomic E-state index is 0.280. The van der Waals surface area contributed by atoms with Crippen molar-refractivity contribution in [2.24, 2.45) is 0 Å². The molecule has 0 atom stereocenters. The zero-order valence-electron chi connectivity index (χ0n) is 6.04. The van der Waals surface area contributed by atoms with Crippen LogP contribution in [0.4, 0.5) is 5.69 Å². The van der Waals surface area contributed by atoms with Crippen molar-refractivity contribution < 1.29 is 5.11 Å². The Morgan fingerprint density at radius 1 is 1.42 bits per heavy atom. The molecule has 0 saturated heterocycles. The molecule has 2 nitrogen and oxygen atoms in total. The molecule has 1 aromatic heterocycles. The van der Waals surface area contributed by atoms with Crippen molar-refractivity contribution in [1.29, 1.82) is 0 Å². The molecule has 0 spiro atoms. The predicted octanol–water partition coefficient (Wildman–Crippen LogP) is 2.95. The first kappa shape index (κ1) is 7.89. The van der Waals surface area contributed by atoms with Gasteiger partial charge in [-0.25, -0.2) is 0 Å². The first-order valence-corrected chi connectivity index (χ1v) is 4.96. The van der Waals surface area contributed by atoms with E-state index >= 15 is 0 Å². The Bertz CT molecular complexity index is 438. The van der Waals surface area contributed by atoms with E-state index in [9.17, 15) is 5.11 Å². The van der Waals surface area contributed by atoms with Gasteiger partial charge in [0, 0.05) is 15.8 Å². The molecule has 0 fully saturated rings. The van der Waals surface area contributed by atoms with Crippen LogP contribution in [0.1, 0.15) is 0 Å². The van der Waals surface area contributed by atoms with Crippen molar-refractivity contribution in [2.45, 2.75) is 0 Å². The minimum Gasteiger partial charge on any atom is -0.505 e. The number of thiophene rings is 1. The Balaban J connectivity index is 2.88. The van der Waals surface area contributed by atoms with Gasteiger partial charge < -0.3 is 10.8 Å². The summed E-state index contributed by atoms with van der Waals surface area (Å²) in [5.74, 6) is 0.280. The quantitative estimate of drug-likeness (QED) is 0.700.